The summed E-state index contributed by atoms with van der Waals surface area (Å²) in [6.07, 6.45) is 14.7. The number of hydroxylamine groups is 1. The summed E-state index contributed by atoms with van der Waals surface area (Å²) in [4.78, 5) is 26.4. The van der Waals surface area contributed by atoms with Crippen molar-refractivity contribution in [2.45, 2.75) is 90.9 Å². The average molecular weight is 323 g/mol. The van der Waals surface area contributed by atoms with Crippen molar-refractivity contribution in [3.63, 3.8) is 0 Å². The summed E-state index contributed by atoms with van der Waals surface area (Å²) >= 11 is 0. The smallest absolute Gasteiger partial charge is 1.00 e. The monoisotopic (exact) mass is 323 g/mol. The number of carbonyl (C=O) groups excluding carboxylic acids is 2. The number of ketones is 1. The van der Waals surface area contributed by atoms with Gasteiger partial charge in [-0.15, -0.1) is 5.48 Å². The van der Waals surface area contributed by atoms with Crippen LogP contribution in [0.15, 0.2) is 0 Å². The molecule has 0 rings (SSSR count). The summed E-state index contributed by atoms with van der Waals surface area (Å²) in [6, 6.07) is 0. The maximum absolute atomic E-state index is 11.4. The molecular weight excluding hydrogens is 289 g/mol. The number of unbranched alkanes of at least 4 members (excludes halogenated alkanes) is 10. The average Bonchev–Trinajstić information content (AvgIpc) is 2.44. The molecule has 22 heavy (non-hydrogen) atoms. The van der Waals surface area contributed by atoms with Gasteiger partial charge in [0.05, 0.1) is 6.54 Å². The Balaban J connectivity index is -0.00000200. The Kier molecular flexibility index (Phi) is 21.2. The zero-order valence-corrected chi connectivity index (χ0v) is 16.9. The van der Waals surface area contributed by atoms with Crippen molar-refractivity contribution < 1.29 is 45.4 Å². The minimum Gasteiger partial charge on any atom is -1.00 e. The van der Waals surface area contributed by atoms with Gasteiger partial charge in [-0.2, -0.15) is 0 Å². The predicted molar refractivity (Wildman–Crippen MR) is 87.0 cm³/mol. The third-order valence-electron chi connectivity index (χ3n) is 3.54. The van der Waals surface area contributed by atoms with Gasteiger partial charge in [0.2, 0.25) is 0 Å². The number of carbonyl (C=O) groups is 2. The maximum Gasteiger partial charge on any atom is 1.00 e. The van der Waals surface area contributed by atoms with Crippen LogP contribution in [0.4, 0.5) is 0 Å². The first-order chi connectivity index (χ1) is 10.2. The summed E-state index contributed by atoms with van der Waals surface area (Å²) in [7, 11) is 0. The van der Waals surface area contributed by atoms with Crippen LogP contribution in [0.5, 0.6) is 0 Å². The second-order valence-corrected chi connectivity index (χ2v) is 5.74. The maximum atomic E-state index is 11.4. The van der Waals surface area contributed by atoms with E-state index in [9.17, 15) is 9.59 Å². The zero-order chi connectivity index (χ0) is 15.8. The van der Waals surface area contributed by atoms with E-state index in [1.807, 2.05) is 0 Å². The number of rotatable bonds is 15. The Hall–Kier alpha value is 0.1000. The Morgan fingerprint density at radius 3 is 1.77 bits per heavy atom. The Labute approximate surface area is 159 Å². The van der Waals surface area contributed by atoms with Crippen molar-refractivity contribution >= 4 is 11.8 Å². The molecule has 5 heteroatoms. The molecule has 0 aliphatic heterocycles. The van der Waals surface area contributed by atoms with Gasteiger partial charge in [0, 0.05) is 13.3 Å². The van der Waals surface area contributed by atoms with Crippen LogP contribution in [0, 0.1) is 0 Å². The van der Waals surface area contributed by atoms with Crippen LogP contribution in [0.1, 0.15) is 92.3 Å². The van der Waals surface area contributed by atoms with Crippen molar-refractivity contribution in [2.75, 3.05) is 6.54 Å². The molecule has 0 saturated carbocycles. The molecule has 126 valence electrons. The number of nitrogens with one attached hydrogen (secondary N) is 1. The summed E-state index contributed by atoms with van der Waals surface area (Å²) in [5.41, 5.74) is 2.38. The minimum atomic E-state index is -0.419. The molecule has 0 amide bonds. The van der Waals surface area contributed by atoms with E-state index in [0.29, 0.717) is 6.42 Å². The van der Waals surface area contributed by atoms with Crippen molar-refractivity contribution in [2.24, 2.45) is 0 Å². The standard InChI is InChI=1S/C17H33NO3.Na.H/c1-3-4-5-6-7-8-9-10-11-12-13-14-17(20)15-18-21-16(2)19;;/h18H,3-15H2,1-2H3;;/q;+1;-1. The molecule has 0 spiro atoms. The van der Waals surface area contributed by atoms with Crippen LogP contribution in [0.2, 0.25) is 0 Å². The second kappa shape index (κ2) is 19.1. The fourth-order valence-electron chi connectivity index (χ4n) is 2.29. The van der Waals surface area contributed by atoms with Gasteiger partial charge in [0.1, 0.15) is 5.78 Å². The topological polar surface area (TPSA) is 55.4 Å². The van der Waals surface area contributed by atoms with Crippen LogP contribution in [-0.4, -0.2) is 18.3 Å². The van der Waals surface area contributed by atoms with Crippen molar-refractivity contribution in [3.8, 4) is 0 Å². The molecule has 0 aromatic heterocycles. The normalized spacial score (nSPS) is 10.1. The third kappa shape index (κ3) is 20.1. The van der Waals surface area contributed by atoms with Gasteiger partial charge in [-0.3, -0.25) is 9.59 Å². The molecule has 0 aromatic rings. The van der Waals surface area contributed by atoms with Crippen molar-refractivity contribution in [1.29, 1.82) is 0 Å². The van der Waals surface area contributed by atoms with E-state index in [-0.39, 0.29) is 43.3 Å². The summed E-state index contributed by atoms with van der Waals surface area (Å²) < 4.78 is 0. The summed E-state index contributed by atoms with van der Waals surface area (Å²) in [6.45, 7) is 3.68. The van der Waals surface area contributed by atoms with Crippen LogP contribution >= 0.6 is 0 Å². The molecule has 0 aromatic carbocycles. The van der Waals surface area contributed by atoms with E-state index in [1.54, 1.807) is 0 Å². The van der Waals surface area contributed by atoms with Gasteiger partial charge >= 0.3 is 35.5 Å². The molecule has 1 N–H and O–H groups in total. The predicted octanol–water partition coefficient (Wildman–Crippen LogP) is 1.44. The SMILES string of the molecule is CCCCCCCCCCCCCC(=O)CNOC(C)=O.[H-].[Na+]. The molecule has 0 unspecified atom stereocenters. The van der Waals surface area contributed by atoms with Crippen LogP contribution < -0.4 is 35.0 Å². The fraction of sp³-hybridized carbons (Fsp3) is 0.882. The summed E-state index contributed by atoms with van der Waals surface area (Å²) in [5, 5.41) is 0. The molecule has 4 nitrogen and oxygen atoms in total. The van der Waals surface area contributed by atoms with Crippen LogP contribution in [0.3, 0.4) is 0 Å². The quantitative estimate of drug-likeness (QED) is 0.281. The molecule has 0 heterocycles. The van der Waals surface area contributed by atoms with Crippen molar-refractivity contribution in [1.82, 2.24) is 5.48 Å². The van der Waals surface area contributed by atoms with Crippen molar-refractivity contribution in [3.05, 3.63) is 0 Å². The van der Waals surface area contributed by atoms with E-state index in [4.69, 9.17) is 0 Å². The second-order valence-electron chi connectivity index (χ2n) is 5.74. The number of Topliss-reactive ketones (excluding diaryl/α,β-unsaturated/α-hetero) is 1. The third-order valence-corrected chi connectivity index (χ3v) is 3.54. The largest absolute Gasteiger partial charge is 1.00 e. The van der Waals surface area contributed by atoms with Gasteiger partial charge in [-0.25, -0.2) is 0 Å². The van der Waals surface area contributed by atoms with E-state index >= 15 is 0 Å². The van der Waals surface area contributed by atoms with Crippen LogP contribution in [0.25, 0.3) is 0 Å². The first kappa shape index (κ1) is 24.4. The first-order valence-electron chi connectivity index (χ1n) is 8.58. The van der Waals surface area contributed by atoms with E-state index < -0.39 is 5.97 Å². The van der Waals surface area contributed by atoms with Gasteiger partial charge in [-0.05, 0) is 6.42 Å². The number of hydrogen-bond acceptors (Lipinski definition) is 4. The molecule has 0 fully saturated rings. The van der Waals surface area contributed by atoms with Crippen LogP contribution in [-0.2, 0) is 14.4 Å². The molecule has 0 bridgehead atoms. The first-order valence-corrected chi connectivity index (χ1v) is 8.58. The molecule has 0 atom stereocenters. The van der Waals surface area contributed by atoms with E-state index in [0.717, 1.165) is 12.8 Å². The molecule has 0 aliphatic rings. The Morgan fingerprint density at radius 2 is 1.32 bits per heavy atom. The van der Waals surface area contributed by atoms with Gasteiger partial charge in [-0.1, -0.05) is 71.1 Å². The minimum absolute atomic E-state index is 0. The Morgan fingerprint density at radius 1 is 0.864 bits per heavy atom. The van der Waals surface area contributed by atoms with E-state index in [1.165, 1.54) is 64.7 Å². The summed E-state index contributed by atoms with van der Waals surface area (Å²) in [5.74, 6) is -0.315. The fourth-order valence-corrected chi connectivity index (χ4v) is 2.29. The van der Waals surface area contributed by atoms with Gasteiger partial charge in [0.15, 0.2) is 0 Å². The molecule has 0 saturated heterocycles. The zero-order valence-electron chi connectivity index (χ0n) is 15.9. The van der Waals surface area contributed by atoms with E-state index in [2.05, 4.69) is 17.2 Å². The molecular formula is C17H34NNaO3. The molecule has 0 radical (unpaired) electrons. The van der Waals surface area contributed by atoms with Gasteiger partial charge in [0.25, 0.3) is 0 Å². The number of hydrogen-bond donors (Lipinski definition) is 1. The Bertz CT molecular complexity index is 279. The van der Waals surface area contributed by atoms with Gasteiger partial charge < -0.3 is 6.26 Å². The molecule has 0 aliphatic carbocycles.